The number of pyridine rings is 1. The van der Waals surface area contributed by atoms with Crippen LogP contribution in [0.15, 0.2) is 12.1 Å². The molecule has 2 rings (SSSR count). The molecule has 0 atom stereocenters. The molecule has 0 spiro atoms. The Morgan fingerprint density at radius 2 is 2.06 bits per heavy atom. The van der Waals surface area contributed by atoms with Crippen LogP contribution in [0.1, 0.15) is 20.9 Å². The number of aromatic nitrogens is 1. The predicted octanol–water partition coefficient (Wildman–Crippen LogP) is 2.72. The van der Waals surface area contributed by atoms with Gasteiger partial charge in [-0.3, -0.25) is 4.79 Å². The summed E-state index contributed by atoms with van der Waals surface area (Å²) in [6.07, 6.45) is -4.47. The average Bonchev–Trinajstić information content (AvgIpc) is 2.58. The van der Waals surface area contributed by atoms with Gasteiger partial charge in [-0.15, -0.1) is 11.3 Å². The molecule has 90 valence electrons. The lowest BCUT2D eigenvalue weighted by molar-refractivity contribution is -0.136. The highest BCUT2D eigenvalue weighted by atomic mass is 32.1. The van der Waals surface area contributed by atoms with E-state index in [9.17, 15) is 18.0 Å². The summed E-state index contributed by atoms with van der Waals surface area (Å²) in [5.41, 5.74) is 4.50. The number of thiophene rings is 1. The maximum atomic E-state index is 12.8. The van der Waals surface area contributed by atoms with Crippen molar-refractivity contribution in [1.82, 2.24) is 4.98 Å². The van der Waals surface area contributed by atoms with Gasteiger partial charge in [-0.1, -0.05) is 0 Å². The SMILES string of the molecule is Cc1cc(C(F)(F)F)c2cc(C(N)=O)sc2n1. The number of hydrogen-bond acceptors (Lipinski definition) is 3. The molecular weight excluding hydrogens is 253 g/mol. The van der Waals surface area contributed by atoms with Crippen LogP contribution in [0.5, 0.6) is 0 Å². The van der Waals surface area contributed by atoms with Crippen LogP contribution in [0.2, 0.25) is 0 Å². The number of amides is 1. The number of fused-ring (bicyclic) bond motifs is 1. The van der Waals surface area contributed by atoms with Crippen LogP contribution in [-0.4, -0.2) is 10.9 Å². The molecule has 3 nitrogen and oxygen atoms in total. The van der Waals surface area contributed by atoms with Crippen LogP contribution >= 0.6 is 11.3 Å². The third kappa shape index (κ3) is 2.10. The standard InChI is InChI=1S/C10H7F3N2OS/c1-4-2-6(10(11,12)13)5-3-7(8(14)16)17-9(5)15-4/h2-3H,1H3,(H2,14,16). The van der Waals surface area contributed by atoms with Crippen LogP contribution in [0.4, 0.5) is 13.2 Å². The van der Waals surface area contributed by atoms with Gasteiger partial charge in [0.1, 0.15) is 4.83 Å². The summed E-state index contributed by atoms with van der Waals surface area (Å²) in [6.45, 7) is 1.47. The summed E-state index contributed by atoms with van der Waals surface area (Å²) in [4.78, 5) is 15.1. The first-order valence-electron chi connectivity index (χ1n) is 4.57. The lowest BCUT2D eigenvalue weighted by Crippen LogP contribution is -2.08. The van der Waals surface area contributed by atoms with Crippen molar-refractivity contribution in [1.29, 1.82) is 0 Å². The Bertz CT molecular complexity index is 603. The fraction of sp³-hybridized carbons (Fsp3) is 0.200. The molecule has 0 unspecified atom stereocenters. The van der Waals surface area contributed by atoms with Gasteiger partial charge in [-0.2, -0.15) is 13.2 Å². The van der Waals surface area contributed by atoms with E-state index in [1.807, 2.05) is 0 Å². The second kappa shape index (κ2) is 3.69. The maximum Gasteiger partial charge on any atom is 0.417 e. The van der Waals surface area contributed by atoms with Crippen LogP contribution in [-0.2, 0) is 6.18 Å². The first-order chi connectivity index (χ1) is 7.79. The molecule has 0 radical (unpaired) electrons. The predicted molar refractivity (Wildman–Crippen MR) is 57.9 cm³/mol. The van der Waals surface area contributed by atoms with Crippen molar-refractivity contribution in [3.63, 3.8) is 0 Å². The van der Waals surface area contributed by atoms with Gasteiger partial charge in [0.15, 0.2) is 0 Å². The number of nitrogens with zero attached hydrogens (tertiary/aromatic N) is 1. The van der Waals surface area contributed by atoms with E-state index >= 15 is 0 Å². The molecule has 0 bridgehead atoms. The highest BCUT2D eigenvalue weighted by molar-refractivity contribution is 7.20. The van der Waals surface area contributed by atoms with Crippen molar-refractivity contribution >= 4 is 27.5 Å². The third-order valence-corrected chi connectivity index (χ3v) is 3.23. The number of rotatable bonds is 1. The van der Waals surface area contributed by atoms with E-state index in [4.69, 9.17) is 5.73 Å². The molecular formula is C10H7F3N2OS. The second-order valence-corrected chi connectivity index (χ2v) is 4.53. The molecule has 2 N–H and O–H groups in total. The first-order valence-corrected chi connectivity index (χ1v) is 5.39. The minimum atomic E-state index is -4.47. The molecule has 17 heavy (non-hydrogen) atoms. The van der Waals surface area contributed by atoms with E-state index < -0.39 is 17.6 Å². The Morgan fingerprint density at radius 3 is 2.59 bits per heavy atom. The Balaban J connectivity index is 2.79. The van der Waals surface area contributed by atoms with Gasteiger partial charge in [-0.05, 0) is 19.1 Å². The highest BCUT2D eigenvalue weighted by Gasteiger charge is 2.34. The van der Waals surface area contributed by atoms with Gasteiger partial charge in [0.2, 0.25) is 0 Å². The fourth-order valence-corrected chi connectivity index (χ4v) is 2.45. The topological polar surface area (TPSA) is 56.0 Å². The van der Waals surface area contributed by atoms with E-state index in [0.717, 1.165) is 23.5 Å². The van der Waals surface area contributed by atoms with Crippen molar-refractivity contribution in [3.8, 4) is 0 Å². The molecule has 2 aromatic rings. The van der Waals surface area contributed by atoms with Crippen LogP contribution in [0.25, 0.3) is 10.2 Å². The van der Waals surface area contributed by atoms with E-state index in [1.165, 1.54) is 6.92 Å². The molecule has 0 saturated heterocycles. The van der Waals surface area contributed by atoms with Gasteiger partial charge in [0.05, 0.1) is 10.4 Å². The van der Waals surface area contributed by atoms with Crippen LogP contribution < -0.4 is 5.73 Å². The quantitative estimate of drug-likeness (QED) is 0.857. The zero-order valence-corrected chi connectivity index (χ0v) is 9.45. The molecule has 0 fully saturated rings. The molecule has 0 aromatic carbocycles. The Kier molecular flexibility index (Phi) is 2.57. The number of hydrogen-bond donors (Lipinski definition) is 1. The summed E-state index contributed by atoms with van der Waals surface area (Å²) >= 11 is 0.864. The Morgan fingerprint density at radius 1 is 1.41 bits per heavy atom. The fourth-order valence-electron chi connectivity index (χ4n) is 1.49. The number of alkyl halides is 3. The number of aryl methyl sites for hydroxylation is 1. The van der Waals surface area contributed by atoms with Crippen LogP contribution in [0.3, 0.4) is 0 Å². The zero-order valence-electron chi connectivity index (χ0n) is 8.63. The largest absolute Gasteiger partial charge is 0.417 e. The van der Waals surface area contributed by atoms with Gasteiger partial charge in [0.25, 0.3) is 5.91 Å². The van der Waals surface area contributed by atoms with E-state index in [-0.39, 0.29) is 20.8 Å². The Labute approximate surface area is 98.1 Å². The number of nitrogens with two attached hydrogens (primary N) is 1. The first kappa shape index (κ1) is 11.8. The number of carbonyl (C=O) groups is 1. The lowest BCUT2D eigenvalue weighted by Gasteiger charge is -2.08. The van der Waals surface area contributed by atoms with Gasteiger partial charge in [0, 0.05) is 11.1 Å². The van der Waals surface area contributed by atoms with Gasteiger partial charge < -0.3 is 5.73 Å². The smallest absolute Gasteiger partial charge is 0.365 e. The van der Waals surface area contributed by atoms with Crippen molar-refractivity contribution in [2.75, 3.05) is 0 Å². The monoisotopic (exact) mass is 260 g/mol. The normalized spacial score (nSPS) is 12.0. The van der Waals surface area contributed by atoms with E-state index in [2.05, 4.69) is 4.98 Å². The zero-order chi connectivity index (χ0) is 12.8. The summed E-state index contributed by atoms with van der Waals surface area (Å²) in [5.74, 6) is -0.751. The van der Waals surface area contributed by atoms with Crippen molar-refractivity contribution in [3.05, 3.63) is 28.3 Å². The number of primary amides is 1. The molecule has 0 aliphatic carbocycles. The molecule has 2 aromatic heterocycles. The van der Waals surface area contributed by atoms with Gasteiger partial charge in [-0.25, -0.2) is 4.98 Å². The minimum absolute atomic E-state index is 0.0728. The molecule has 0 aliphatic rings. The minimum Gasteiger partial charge on any atom is -0.365 e. The molecule has 1 amide bonds. The maximum absolute atomic E-state index is 12.8. The third-order valence-electron chi connectivity index (χ3n) is 2.18. The second-order valence-electron chi connectivity index (χ2n) is 3.50. The average molecular weight is 260 g/mol. The number of carbonyl (C=O) groups excluding carboxylic acids is 1. The summed E-state index contributed by atoms with van der Waals surface area (Å²) in [5, 5.41) is -0.0816. The van der Waals surface area contributed by atoms with Crippen molar-refractivity contribution in [2.24, 2.45) is 5.73 Å². The summed E-state index contributed by atoms with van der Waals surface area (Å²) in [6, 6.07) is 2.09. The van der Waals surface area contributed by atoms with E-state index in [1.54, 1.807) is 0 Å². The Hall–Kier alpha value is -1.63. The van der Waals surface area contributed by atoms with Crippen LogP contribution in [0, 0.1) is 6.92 Å². The molecule has 2 heterocycles. The lowest BCUT2D eigenvalue weighted by atomic mass is 10.1. The van der Waals surface area contributed by atoms with E-state index in [0.29, 0.717) is 0 Å². The summed E-state index contributed by atoms with van der Waals surface area (Å²) < 4.78 is 38.3. The molecule has 0 aliphatic heterocycles. The van der Waals surface area contributed by atoms with Crippen molar-refractivity contribution < 1.29 is 18.0 Å². The molecule has 7 heteroatoms. The number of halogens is 3. The van der Waals surface area contributed by atoms with Crippen molar-refractivity contribution in [2.45, 2.75) is 13.1 Å². The molecule has 0 saturated carbocycles. The highest BCUT2D eigenvalue weighted by Crippen LogP contribution is 2.37. The van der Waals surface area contributed by atoms with Gasteiger partial charge >= 0.3 is 6.18 Å². The summed E-state index contributed by atoms with van der Waals surface area (Å²) in [7, 11) is 0.